The summed E-state index contributed by atoms with van der Waals surface area (Å²) in [6, 6.07) is -0.552. The van der Waals surface area contributed by atoms with Crippen molar-refractivity contribution < 1.29 is 9.63 Å². The van der Waals surface area contributed by atoms with Gasteiger partial charge in [-0.05, 0) is 18.8 Å². The Morgan fingerprint density at radius 3 is 2.75 bits per heavy atom. The first-order valence-electron chi connectivity index (χ1n) is 5.90. The molecule has 1 unspecified atom stereocenters. The highest BCUT2D eigenvalue weighted by Crippen LogP contribution is 2.34. The molecule has 1 aliphatic rings. The minimum atomic E-state index is -0.552. The second-order valence-corrected chi connectivity index (χ2v) is 4.74. The maximum absolute atomic E-state index is 8.89. The van der Waals surface area contributed by atoms with Gasteiger partial charge in [-0.2, -0.15) is 4.98 Å². The lowest BCUT2D eigenvalue weighted by Crippen LogP contribution is -2.15. The molecule has 2 rings (SSSR count). The lowest BCUT2D eigenvalue weighted by atomic mass is 9.83. The summed E-state index contributed by atoms with van der Waals surface area (Å²) in [7, 11) is 0. The maximum Gasteiger partial charge on any atom is 0.245 e. The van der Waals surface area contributed by atoms with E-state index in [1.807, 2.05) is 0 Å². The Bertz CT molecular complexity index is 332. The molecule has 0 radical (unpaired) electrons. The third-order valence-electron chi connectivity index (χ3n) is 3.35. The minimum absolute atomic E-state index is 0.163. The van der Waals surface area contributed by atoms with Crippen molar-refractivity contribution in [2.75, 3.05) is 6.61 Å². The monoisotopic (exact) mass is 225 g/mol. The molecule has 0 spiro atoms. The summed E-state index contributed by atoms with van der Waals surface area (Å²) in [6.45, 7) is 2.11. The normalized spacial score (nSPS) is 27.9. The average molecular weight is 225 g/mol. The fourth-order valence-corrected chi connectivity index (χ4v) is 2.16. The van der Waals surface area contributed by atoms with Crippen LogP contribution in [0, 0.1) is 5.92 Å². The molecule has 0 saturated heterocycles. The Kier molecular flexibility index (Phi) is 3.56. The van der Waals surface area contributed by atoms with Crippen LogP contribution in [0.2, 0.25) is 0 Å². The molecular formula is C11H19N3O2. The van der Waals surface area contributed by atoms with Crippen LogP contribution < -0.4 is 5.73 Å². The van der Waals surface area contributed by atoms with Gasteiger partial charge in [0.25, 0.3) is 0 Å². The fourth-order valence-electron chi connectivity index (χ4n) is 2.16. The van der Waals surface area contributed by atoms with Crippen molar-refractivity contribution in [3.05, 3.63) is 11.7 Å². The molecule has 1 heterocycles. The molecule has 5 heteroatoms. The molecule has 1 aromatic rings. The second-order valence-electron chi connectivity index (χ2n) is 4.74. The molecule has 0 amide bonds. The van der Waals surface area contributed by atoms with E-state index in [1.165, 1.54) is 12.8 Å². The molecule has 1 atom stereocenters. The minimum Gasteiger partial charge on any atom is -0.394 e. The third kappa shape index (κ3) is 2.41. The highest BCUT2D eigenvalue weighted by molar-refractivity contribution is 4.99. The largest absolute Gasteiger partial charge is 0.394 e. The fraction of sp³-hybridized carbons (Fsp3) is 0.818. The van der Waals surface area contributed by atoms with Crippen LogP contribution in [-0.4, -0.2) is 21.9 Å². The van der Waals surface area contributed by atoms with Crippen LogP contribution in [0.25, 0.3) is 0 Å². The molecule has 3 N–H and O–H groups in total. The van der Waals surface area contributed by atoms with Crippen molar-refractivity contribution in [3.63, 3.8) is 0 Å². The summed E-state index contributed by atoms with van der Waals surface area (Å²) in [5, 5.41) is 12.8. The van der Waals surface area contributed by atoms with Crippen LogP contribution in [0.4, 0.5) is 0 Å². The number of aromatic nitrogens is 2. The molecule has 0 aliphatic heterocycles. The SMILES string of the molecule is CC1CCC(c2noc(C(N)CO)n2)CC1. The second kappa shape index (κ2) is 4.93. The van der Waals surface area contributed by atoms with Gasteiger partial charge in [-0.3, -0.25) is 0 Å². The number of aliphatic hydroxyl groups excluding tert-OH is 1. The Labute approximate surface area is 95.0 Å². The van der Waals surface area contributed by atoms with Crippen LogP contribution in [0.1, 0.15) is 56.3 Å². The smallest absolute Gasteiger partial charge is 0.245 e. The third-order valence-corrected chi connectivity index (χ3v) is 3.35. The Hall–Kier alpha value is -0.940. The number of aliphatic hydroxyl groups is 1. The van der Waals surface area contributed by atoms with Crippen LogP contribution in [-0.2, 0) is 0 Å². The highest BCUT2D eigenvalue weighted by atomic mass is 16.5. The van der Waals surface area contributed by atoms with E-state index in [2.05, 4.69) is 17.1 Å². The molecule has 1 aromatic heterocycles. The zero-order valence-electron chi connectivity index (χ0n) is 9.59. The summed E-state index contributed by atoms with van der Waals surface area (Å²) in [5.41, 5.74) is 5.61. The summed E-state index contributed by atoms with van der Waals surface area (Å²) in [4.78, 5) is 4.27. The van der Waals surface area contributed by atoms with E-state index < -0.39 is 6.04 Å². The first-order valence-corrected chi connectivity index (χ1v) is 5.90. The van der Waals surface area contributed by atoms with Gasteiger partial charge in [-0.15, -0.1) is 0 Å². The number of rotatable bonds is 3. The Balaban J connectivity index is 2.01. The van der Waals surface area contributed by atoms with Gasteiger partial charge in [0.2, 0.25) is 5.89 Å². The standard InChI is InChI=1S/C11H19N3O2/c1-7-2-4-8(5-3-7)10-13-11(16-14-10)9(12)6-15/h7-9,15H,2-6,12H2,1H3. The predicted molar refractivity (Wildman–Crippen MR) is 58.7 cm³/mol. The molecular weight excluding hydrogens is 206 g/mol. The van der Waals surface area contributed by atoms with Crippen molar-refractivity contribution in [2.45, 2.75) is 44.6 Å². The van der Waals surface area contributed by atoms with E-state index >= 15 is 0 Å². The van der Waals surface area contributed by atoms with E-state index in [0.29, 0.717) is 11.8 Å². The van der Waals surface area contributed by atoms with Crippen LogP contribution in [0.15, 0.2) is 4.52 Å². The van der Waals surface area contributed by atoms with E-state index in [9.17, 15) is 0 Å². The van der Waals surface area contributed by atoms with Gasteiger partial charge in [0, 0.05) is 5.92 Å². The van der Waals surface area contributed by atoms with Crippen LogP contribution in [0.3, 0.4) is 0 Å². The van der Waals surface area contributed by atoms with Crippen molar-refractivity contribution in [1.82, 2.24) is 10.1 Å². The number of nitrogens with zero attached hydrogens (tertiary/aromatic N) is 2. The van der Waals surface area contributed by atoms with Crippen LogP contribution in [0.5, 0.6) is 0 Å². The summed E-state index contributed by atoms with van der Waals surface area (Å²) < 4.78 is 5.05. The molecule has 1 saturated carbocycles. The van der Waals surface area contributed by atoms with Crippen molar-refractivity contribution >= 4 is 0 Å². The van der Waals surface area contributed by atoms with Crippen molar-refractivity contribution in [2.24, 2.45) is 11.7 Å². The molecule has 90 valence electrons. The van der Waals surface area contributed by atoms with E-state index in [-0.39, 0.29) is 6.61 Å². The van der Waals surface area contributed by atoms with Gasteiger partial charge in [-0.25, -0.2) is 0 Å². The Morgan fingerprint density at radius 2 is 2.12 bits per heavy atom. The molecule has 0 bridgehead atoms. The van der Waals surface area contributed by atoms with Gasteiger partial charge in [-0.1, -0.05) is 24.9 Å². The Morgan fingerprint density at radius 1 is 1.44 bits per heavy atom. The first-order chi connectivity index (χ1) is 7.70. The topological polar surface area (TPSA) is 85.2 Å². The summed E-state index contributed by atoms with van der Waals surface area (Å²) in [6.07, 6.45) is 4.68. The number of hydrogen-bond acceptors (Lipinski definition) is 5. The summed E-state index contributed by atoms with van der Waals surface area (Å²) in [5.74, 6) is 2.31. The number of nitrogens with two attached hydrogens (primary N) is 1. The molecule has 1 aliphatic carbocycles. The van der Waals surface area contributed by atoms with Gasteiger partial charge < -0.3 is 15.4 Å². The number of hydrogen-bond donors (Lipinski definition) is 2. The molecule has 0 aromatic carbocycles. The average Bonchev–Trinajstić information content (AvgIpc) is 2.78. The van der Waals surface area contributed by atoms with Crippen LogP contribution >= 0.6 is 0 Å². The van der Waals surface area contributed by atoms with E-state index in [1.54, 1.807) is 0 Å². The molecule has 16 heavy (non-hydrogen) atoms. The first kappa shape index (κ1) is 11.5. The highest BCUT2D eigenvalue weighted by Gasteiger charge is 2.24. The van der Waals surface area contributed by atoms with E-state index in [0.717, 1.165) is 24.6 Å². The summed E-state index contributed by atoms with van der Waals surface area (Å²) >= 11 is 0. The lowest BCUT2D eigenvalue weighted by Gasteiger charge is -2.23. The van der Waals surface area contributed by atoms with Crippen molar-refractivity contribution in [3.8, 4) is 0 Å². The van der Waals surface area contributed by atoms with Gasteiger partial charge >= 0.3 is 0 Å². The maximum atomic E-state index is 8.89. The molecule has 5 nitrogen and oxygen atoms in total. The zero-order chi connectivity index (χ0) is 11.5. The zero-order valence-corrected chi connectivity index (χ0v) is 9.59. The lowest BCUT2D eigenvalue weighted by molar-refractivity contribution is 0.236. The molecule has 1 fully saturated rings. The van der Waals surface area contributed by atoms with Gasteiger partial charge in [0.15, 0.2) is 5.82 Å². The van der Waals surface area contributed by atoms with Gasteiger partial charge in [0.05, 0.1) is 6.61 Å². The van der Waals surface area contributed by atoms with E-state index in [4.69, 9.17) is 15.4 Å². The van der Waals surface area contributed by atoms with Gasteiger partial charge in [0.1, 0.15) is 6.04 Å². The quantitative estimate of drug-likeness (QED) is 0.811. The predicted octanol–water partition coefficient (Wildman–Crippen LogP) is 1.36. The van der Waals surface area contributed by atoms with Crippen molar-refractivity contribution in [1.29, 1.82) is 0 Å².